The van der Waals surface area contributed by atoms with Crippen LogP contribution in [0.25, 0.3) is 11.1 Å². The fraction of sp³-hybridized carbons (Fsp3) is 0.379. The zero-order valence-corrected chi connectivity index (χ0v) is 19.2. The lowest BCUT2D eigenvalue weighted by atomic mass is 9.75. The van der Waals surface area contributed by atoms with E-state index in [-0.39, 0.29) is 29.1 Å². The molecule has 0 amide bonds. The standard InChI is InChI=1S/C29H28F4O/c1-2-3-17-4-6-18(7-5-17)21-12-13-22(27(31)26(21)30)19-8-10-20(11-9-19)23-14-15-24(25-16-34-25)29(33)28(23)32/h4-7,12-15,19-20,25H,2-3,8-11,16H2,1H3. The summed E-state index contributed by atoms with van der Waals surface area (Å²) in [6, 6.07) is 14.2. The zero-order valence-electron chi connectivity index (χ0n) is 19.2. The van der Waals surface area contributed by atoms with Crippen molar-refractivity contribution in [3.05, 3.63) is 94.1 Å². The van der Waals surface area contributed by atoms with Gasteiger partial charge in [0.05, 0.1) is 6.61 Å². The van der Waals surface area contributed by atoms with Crippen LogP contribution in [-0.4, -0.2) is 6.61 Å². The maximum atomic E-state index is 15.1. The van der Waals surface area contributed by atoms with Crippen molar-refractivity contribution in [2.75, 3.05) is 6.61 Å². The van der Waals surface area contributed by atoms with Crippen LogP contribution in [0.15, 0.2) is 48.5 Å². The molecule has 0 N–H and O–H groups in total. The van der Waals surface area contributed by atoms with E-state index < -0.39 is 23.3 Å². The smallest absolute Gasteiger partial charge is 0.166 e. The summed E-state index contributed by atoms with van der Waals surface area (Å²) in [5.41, 5.74) is 3.10. The number of halogens is 4. The second kappa shape index (κ2) is 9.53. The quantitative estimate of drug-likeness (QED) is 0.261. The molecule has 1 aliphatic carbocycles. The van der Waals surface area contributed by atoms with Gasteiger partial charge in [0.25, 0.3) is 0 Å². The van der Waals surface area contributed by atoms with Gasteiger partial charge in [-0.05, 0) is 66.2 Å². The third-order valence-corrected chi connectivity index (χ3v) is 7.34. The van der Waals surface area contributed by atoms with E-state index in [1.54, 1.807) is 24.3 Å². The zero-order chi connectivity index (χ0) is 23.8. The monoisotopic (exact) mass is 468 g/mol. The first-order valence-electron chi connectivity index (χ1n) is 12.1. The van der Waals surface area contributed by atoms with E-state index >= 15 is 8.78 Å². The Hall–Kier alpha value is -2.66. The van der Waals surface area contributed by atoms with Crippen molar-refractivity contribution < 1.29 is 22.3 Å². The Bertz CT molecular complexity index is 1180. The first-order chi connectivity index (χ1) is 16.5. The van der Waals surface area contributed by atoms with E-state index in [9.17, 15) is 8.78 Å². The lowest BCUT2D eigenvalue weighted by Gasteiger charge is -2.30. The predicted molar refractivity (Wildman–Crippen MR) is 125 cm³/mol. The number of hydrogen-bond donors (Lipinski definition) is 0. The van der Waals surface area contributed by atoms with Gasteiger partial charge >= 0.3 is 0 Å². The van der Waals surface area contributed by atoms with Crippen LogP contribution in [0.3, 0.4) is 0 Å². The van der Waals surface area contributed by atoms with E-state index in [2.05, 4.69) is 6.92 Å². The summed E-state index contributed by atoms with van der Waals surface area (Å²) in [5, 5.41) is 0. The van der Waals surface area contributed by atoms with Crippen molar-refractivity contribution >= 4 is 0 Å². The highest BCUT2D eigenvalue weighted by Crippen LogP contribution is 2.44. The molecule has 3 aromatic carbocycles. The average Bonchev–Trinajstić information content (AvgIpc) is 3.69. The maximum absolute atomic E-state index is 15.1. The van der Waals surface area contributed by atoms with Crippen molar-refractivity contribution in [3.63, 3.8) is 0 Å². The second-order valence-corrected chi connectivity index (χ2v) is 9.52. The lowest BCUT2D eigenvalue weighted by molar-refractivity contribution is 0.367. The lowest BCUT2D eigenvalue weighted by Crippen LogP contribution is -2.15. The van der Waals surface area contributed by atoms with Crippen molar-refractivity contribution in [3.8, 4) is 11.1 Å². The molecule has 1 saturated heterocycles. The minimum absolute atomic E-state index is 0.131. The van der Waals surface area contributed by atoms with Gasteiger partial charge in [-0.3, -0.25) is 0 Å². The molecule has 0 bridgehead atoms. The first kappa shape index (κ1) is 23.1. The van der Waals surface area contributed by atoms with Crippen LogP contribution in [0.1, 0.15) is 79.2 Å². The highest BCUT2D eigenvalue weighted by Gasteiger charge is 2.33. The third kappa shape index (κ3) is 4.38. The van der Waals surface area contributed by atoms with Crippen molar-refractivity contribution in [2.45, 2.75) is 63.4 Å². The summed E-state index contributed by atoms with van der Waals surface area (Å²) in [6.07, 6.45) is 4.04. The Morgan fingerprint density at radius 3 is 1.74 bits per heavy atom. The summed E-state index contributed by atoms with van der Waals surface area (Å²) in [6.45, 7) is 2.52. The molecule has 1 heterocycles. The highest BCUT2D eigenvalue weighted by atomic mass is 19.2. The molecule has 0 aromatic heterocycles. The van der Waals surface area contributed by atoms with Crippen LogP contribution in [0.2, 0.25) is 0 Å². The molecular formula is C29H28F4O. The van der Waals surface area contributed by atoms with Gasteiger partial charge in [-0.2, -0.15) is 0 Å². The fourth-order valence-electron chi connectivity index (χ4n) is 5.33. The minimum atomic E-state index is -0.825. The summed E-state index contributed by atoms with van der Waals surface area (Å²) >= 11 is 0. The number of ether oxygens (including phenoxy) is 1. The molecule has 2 aliphatic rings. The molecule has 0 spiro atoms. The number of epoxide rings is 1. The molecule has 34 heavy (non-hydrogen) atoms. The summed E-state index contributed by atoms with van der Waals surface area (Å²) in [4.78, 5) is 0. The van der Waals surface area contributed by atoms with Crippen LogP contribution in [0.5, 0.6) is 0 Å². The van der Waals surface area contributed by atoms with Crippen molar-refractivity contribution in [1.82, 2.24) is 0 Å². The van der Waals surface area contributed by atoms with Gasteiger partial charge in [-0.1, -0.05) is 61.9 Å². The van der Waals surface area contributed by atoms with Gasteiger partial charge in [0.1, 0.15) is 6.10 Å². The molecule has 178 valence electrons. The molecule has 1 atom stereocenters. The molecule has 1 unspecified atom stereocenters. The van der Waals surface area contributed by atoms with E-state index in [1.807, 2.05) is 24.3 Å². The van der Waals surface area contributed by atoms with Gasteiger partial charge < -0.3 is 4.74 Å². The van der Waals surface area contributed by atoms with Crippen LogP contribution < -0.4 is 0 Å². The summed E-state index contributed by atoms with van der Waals surface area (Å²) in [7, 11) is 0. The summed E-state index contributed by atoms with van der Waals surface area (Å²) in [5.74, 6) is -3.53. The van der Waals surface area contributed by atoms with Gasteiger partial charge in [-0.15, -0.1) is 0 Å². The van der Waals surface area contributed by atoms with Crippen LogP contribution in [-0.2, 0) is 11.2 Å². The van der Waals surface area contributed by atoms with Gasteiger partial charge in [0, 0.05) is 11.1 Å². The highest BCUT2D eigenvalue weighted by molar-refractivity contribution is 5.65. The van der Waals surface area contributed by atoms with Crippen LogP contribution >= 0.6 is 0 Å². The Labute approximate surface area is 197 Å². The Morgan fingerprint density at radius 1 is 0.676 bits per heavy atom. The Kier molecular flexibility index (Phi) is 6.48. The number of aryl methyl sites for hydroxylation is 1. The number of benzene rings is 3. The molecule has 2 fully saturated rings. The second-order valence-electron chi connectivity index (χ2n) is 9.52. The maximum Gasteiger partial charge on any atom is 0.166 e. The Morgan fingerprint density at radius 2 is 1.18 bits per heavy atom. The molecule has 1 aliphatic heterocycles. The van der Waals surface area contributed by atoms with E-state index in [4.69, 9.17) is 4.74 Å². The molecule has 5 rings (SSSR count). The van der Waals surface area contributed by atoms with Gasteiger partial charge in [0.2, 0.25) is 0 Å². The van der Waals surface area contributed by atoms with Crippen molar-refractivity contribution in [2.24, 2.45) is 0 Å². The van der Waals surface area contributed by atoms with Crippen LogP contribution in [0, 0.1) is 23.3 Å². The normalized spacial score (nSPS) is 22.1. The Balaban J connectivity index is 1.30. The number of rotatable bonds is 6. The largest absolute Gasteiger partial charge is 0.368 e. The molecule has 1 nitrogen and oxygen atoms in total. The van der Waals surface area contributed by atoms with E-state index in [0.29, 0.717) is 49.0 Å². The van der Waals surface area contributed by atoms with Gasteiger partial charge in [-0.25, -0.2) is 17.6 Å². The van der Waals surface area contributed by atoms with Gasteiger partial charge in [0.15, 0.2) is 23.3 Å². The van der Waals surface area contributed by atoms with Crippen LogP contribution in [0.4, 0.5) is 17.6 Å². The average molecular weight is 469 g/mol. The number of hydrogen-bond acceptors (Lipinski definition) is 1. The van der Waals surface area contributed by atoms with E-state index in [1.165, 1.54) is 5.56 Å². The van der Waals surface area contributed by atoms with E-state index in [0.717, 1.165) is 12.8 Å². The topological polar surface area (TPSA) is 12.5 Å². The third-order valence-electron chi connectivity index (χ3n) is 7.34. The SMILES string of the molecule is CCCc1ccc(-c2ccc(C3CCC(c4ccc(C5CO5)c(F)c4F)CC3)c(F)c2F)cc1. The molecular weight excluding hydrogens is 440 g/mol. The first-order valence-corrected chi connectivity index (χ1v) is 12.1. The molecule has 1 saturated carbocycles. The molecule has 0 radical (unpaired) electrons. The predicted octanol–water partition coefficient (Wildman–Crippen LogP) is 8.38. The fourth-order valence-corrected chi connectivity index (χ4v) is 5.33. The van der Waals surface area contributed by atoms with Crippen molar-refractivity contribution in [1.29, 1.82) is 0 Å². The molecule has 3 aromatic rings. The molecule has 5 heteroatoms. The minimum Gasteiger partial charge on any atom is -0.368 e. The summed E-state index contributed by atoms with van der Waals surface area (Å²) < 4.78 is 64.3.